The quantitative estimate of drug-likeness (QED) is 0.827. The number of hydrogen-bond donors (Lipinski definition) is 1. The summed E-state index contributed by atoms with van der Waals surface area (Å²) in [6.45, 7) is 2.26. The number of hydrogen-bond acceptors (Lipinski definition) is 5. The lowest BCUT2D eigenvalue weighted by molar-refractivity contribution is 0.0402. The Balaban J connectivity index is 1.62. The topological polar surface area (TPSA) is 59.9 Å². The first-order valence-corrected chi connectivity index (χ1v) is 7.49. The van der Waals surface area contributed by atoms with Gasteiger partial charge in [-0.1, -0.05) is 35.5 Å². The van der Waals surface area contributed by atoms with Gasteiger partial charge in [-0.25, -0.2) is 0 Å². The minimum absolute atomic E-state index is 0.337. The molecule has 2 aromatic carbocycles. The molecule has 1 aliphatic heterocycles. The zero-order valence-corrected chi connectivity index (χ0v) is 12.8. The molecule has 0 bridgehead atoms. The van der Waals surface area contributed by atoms with Crippen LogP contribution in [-0.4, -0.2) is 12.1 Å². The standard InChI is InChI=1S/C18H18N2O3/c1-13(19-21)18-11-17(20-23-18)15-7-9-16(10-8-15)22-12-14-5-3-2-4-6-14/h2-11,13,18,20H,12H2,1H3. The van der Waals surface area contributed by atoms with Crippen LogP contribution in [0.3, 0.4) is 0 Å². The molecule has 1 heterocycles. The molecule has 0 aliphatic carbocycles. The van der Waals surface area contributed by atoms with Gasteiger partial charge in [0.15, 0.2) is 0 Å². The molecule has 23 heavy (non-hydrogen) atoms. The van der Waals surface area contributed by atoms with Crippen LogP contribution in [0.5, 0.6) is 5.75 Å². The minimum atomic E-state index is -0.423. The highest BCUT2D eigenvalue weighted by Gasteiger charge is 2.23. The van der Waals surface area contributed by atoms with Crippen LogP contribution >= 0.6 is 0 Å². The van der Waals surface area contributed by atoms with Crippen LogP contribution in [-0.2, 0) is 11.4 Å². The Morgan fingerprint density at radius 1 is 1.17 bits per heavy atom. The SMILES string of the molecule is CC(N=O)C1C=C(c2ccc(OCc3ccccc3)cc2)NO1. The molecule has 118 valence electrons. The molecule has 1 N–H and O–H groups in total. The second-order valence-corrected chi connectivity index (χ2v) is 5.41. The van der Waals surface area contributed by atoms with Crippen LogP contribution in [0.2, 0.25) is 0 Å². The van der Waals surface area contributed by atoms with E-state index in [2.05, 4.69) is 10.7 Å². The monoisotopic (exact) mass is 310 g/mol. The average molecular weight is 310 g/mol. The molecule has 2 unspecified atom stereocenters. The van der Waals surface area contributed by atoms with E-state index in [9.17, 15) is 4.91 Å². The number of nitrogens with one attached hydrogen (secondary N) is 1. The summed E-state index contributed by atoms with van der Waals surface area (Å²) in [5, 5.41) is 2.99. The van der Waals surface area contributed by atoms with Crippen LogP contribution in [0, 0.1) is 4.91 Å². The van der Waals surface area contributed by atoms with E-state index >= 15 is 0 Å². The summed E-state index contributed by atoms with van der Waals surface area (Å²) in [5.74, 6) is 0.802. The van der Waals surface area contributed by atoms with Crippen molar-refractivity contribution in [1.82, 2.24) is 5.48 Å². The number of nitrogens with zero attached hydrogens (tertiary/aromatic N) is 1. The first-order chi connectivity index (χ1) is 11.3. The van der Waals surface area contributed by atoms with Gasteiger partial charge in [0.05, 0.1) is 5.70 Å². The fourth-order valence-electron chi connectivity index (χ4n) is 2.29. The molecule has 0 spiro atoms. The molecule has 1 aliphatic rings. The summed E-state index contributed by atoms with van der Waals surface area (Å²) in [4.78, 5) is 15.9. The lowest BCUT2D eigenvalue weighted by Crippen LogP contribution is -2.22. The number of rotatable bonds is 6. The van der Waals surface area contributed by atoms with Crippen molar-refractivity contribution in [3.05, 3.63) is 76.7 Å². The molecule has 3 rings (SSSR count). The van der Waals surface area contributed by atoms with E-state index in [4.69, 9.17) is 9.57 Å². The van der Waals surface area contributed by atoms with Crippen LogP contribution in [0.25, 0.3) is 5.70 Å². The number of hydroxylamine groups is 1. The van der Waals surface area contributed by atoms with Crippen LogP contribution < -0.4 is 10.2 Å². The lowest BCUT2D eigenvalue weighted by atomic mass is 10.1. The van der Waals surface area contributed by atoms with Crippen molar-refractivity contribution >= 4 is 5.70 Å². The van der Waals surface area contributed by atoms with Crippen LogP contribution in [0.1, 0.15) is 18.1 Å². The van der Waals surface area contributed by atoms with Crippen molar-refractivity contribution in [1.29, 1.82) is 0 Å². The van der Waals surface area contributed by atoms with Gasteiger partial charge in [0, 0.05) is 0 Å². The lowest BCUT2D eigenvalue weighted by Gasteiger charge is -2.08. The molecule has 5 heteroatoms. The summed E-state index contributed by atoms with van der Waals surface area (Å²) >= 11 is 0. The van der Waals surface area contributed by atoms with Crippen molar-refractivity contribution in [2.75, 3.05) is 0 Å². The molecule has 2 aromatic rings. The number of benzene rings is 2. The Hall–Kier alpha value is -2.66. The zero-order chi connectivity index (χ0) is 16.1. The molecular weight excluding hydrogens is 292 g/mol. The second-order valence-electron chi connectivity index (χ2n) is 5.41. The maximum Gasteiger partial charge on any atom is 0.131 e. The van der Waals surface area contributed by atoms with Crippen LogP contribution in [0.4, 0.5) is 0 Å². The Morgan fingerprint density at radius 3 is 2.61 bits per heavy atom. The third-order valence-corrected chi connectivity index (χ3v) is 3.69. The Kier molecular flexibility index (Phi) is 4.68. The van der Waals surface area contributed by atoms with Crippen molar-refractivity contribution < 1.29 is 9.57 Å². The van der Waals surface area contributed by atoms with Crippen LogP contribution in [0.15, 0.2) is 65.9 Å². The van der Waals surface area contributed by atoms with Gasteiger partial charge >= 0.3 is 0 Å². The highest BCUT2D eigenvalue weighted by molar-refractivity contribution is 5.65. The molecule has 0 fully saturated rings. The molecule has 0 saturated carbocycles. The molecule has 0 aromatic heterocycles. The summed E-state index contributed by atoms with van der Waals surface area (Å²) < 4.78 is 5.76. The first kappa shape index (κ1) is 15.2. The Bertz CT molecular complexity index is 683. The highest BCUT2D eigenvalue weighted by Crippen LogP contribution is 2.23. The third kappa shape index (κ3) is 3.76. The fourth-order valence-corrected chi connectivity index (χ4v) is 2.29. The van der Waals surface area contributed by atoms with Crippen molar-refractivity contribution in [2.24, 2.45) is 5.18 Å². The maximum atomic E-state index is 10.6. The largest absolute Gasteiger partial charge is 0.489 e. The van der Waals surface area contributed by atoms with Gasteiger partial charge in [0.2, 0.25) is 0 Å². The van der Waals surface area contributed by atoms with Gasteiger partial charge < -0.3 is 4.74 Å². The van der Waals surface area contributed by atoms with Gasteiger partial charge in [-0.05, 0) is 48.4 Å². The summed E-state index contributed by atoms with van der Waals surface area (Å²) in [6.07, 6.45) is 1.53. The normalized spacial score (nSPS) is 18.0. The van der Waals surface area contributed by atoms with E-state index in [1.54, 1.807) is 6.92 Å². The minimum Gasteiger partial charge on any atom is -0.489 e. The Morgan fingerprint density at radius 2 is 1.91 bits per heavy atom. The Labute approximate surface area is 134 Å². The predicted octanol–water partition coefficient (Wildman–Crippen LogP) is 3.66. The summed E-state index contributed by atoms with van der Waals surface area (Å²) in [7, 11) is 0. The summed E-state index contributed by atoms with van der Waals surface area (Å²) in [5.41, 5.74) is 5.77. The van der Waals surface area contributed by atoms with Crippen molar-refractivity contribution in [3.63, 3.8) is 0 Å². The molecular formula is C18H18N2O3. The van der Waals surface area contributed by atoms with E-state index in [1.807, 2.05) is 60.7 Å². The maximum absolute atomic E-state index is 10.6. The predicted molar refractivity (Wildman–Crippen MR) is 88.5 cm³/mol. The van der Waals surface area contributed by atoms with Gasteiger partial charge in [0.1, 0.15) is 24.5 Å². The van der Waals surface area contributed by atoms with E-state index < -0.39 is 6.04 Å². The molecule has 0 radical (unpaired) electrons. The molecule has 2 atom stereocenters. The smallest absolute Gasteiger partial charge is 0.131 e. The summed E-state index contributed by atoms with van der Waals surface area (Å²) in [6, 6.07) is 17.3. The van der Waals surface area contributed by atoms with E-state index in [0.29, 0.717) is 6.61 Å². The zero-order valence-electron chi connectivity index (χ0n) is 12.8. The van der Waals surface area contributed by atoms with Gasteiger partial charge in [-0.3, -0.25) is 10.3 Å². The fraction of sp³-hybridized carbons (Fsp3) is 0.222. The highest BCUT2D eigenvalue weighted by atomic mass is 16.7. The molecule has 0 amide bonds. The molecule has 0 saturated heterocycles. The molecule has 5 nitrogen and oxygen atoms in total. The first-order valence-electron chi connectivity index (χ1n) is 7.49. The van der Waals surface area contributed by atoms with Crippen molar-refractivity contribution in [2.45, 2.75) is 25.7 Å². The average Bonchev–Trinajstić information content (AvgIpc) is 3.11. The number of ether oxygens (including phenoxy) is 1. The third-order valence-electron chi connectivity index (χ3n) is 3.69. The number of nitroso groups, excluding NO2 is 1. The van der Waals surface area contributed by atoms with Crippen molar-refractivity contribution in [3.8, 4) is 5.75 Å². The van der Waals surface area contributed by atoms with Gasteiger partial charge in [-0.15, -0.1) is 0 Å². The van der Waals surface area contributed by atoms with E-state index in [1.165, 1.54) is 0 Å². The van der Waals surface area contributed by atoms with Gasteiger partial charge in [-0.2, -0.15) is 4.91 Å². The second kappa shape index (κ2) is 7.07. The van der Waals surface area contributed by atoms with E-state index in [-0.39, 0.29) is 6.10 Å². The van der Waals surface area contributed by atoms with E-state index in [0.717, 1.165) is 22.6 Å². The van der Waals surface area contributed by atoms with Gasteiger partial charge in [0.25, 0.3) is 0 Å².